The molecule has 1 unspecified atom stereocenters. The summed E-state index contributed by atoms with van der Waals surface area (Å²) in [5, 5.41) is 0.279. The van der Waals surface area contributed by atoms with Crippen molar-refractivity contribution in [1.82, 2.24) is 0 Å². The summed E-state index contributed by atoms with van der Waals surface area (Å²) in [7, 11) is 0. The first-order chi connectivity index (χ1) is 15.2. The zero-order valence-corrected chi connectivity index (χ0v) is 21.1. The van der Waals surface area contributed by atoms with Crippen LogP contribution in [-0.2, 0) is 6.42 Å². The van der Waals surface area contributed by atoms with Gasteiger partial charge in [-0.15, -0.1) is 11.6 Å². The van der Waals surface area contributed by atoms with Crippen LogP contribution in [0.4, 0.5) is 0 Å². The van der Waals surface area contributed by atoms with Crippen LogP contribution in [0.15, 0.2) is 24.3 Å². The van der Waals surface area contributed by atoms with Gasteiger partial charge in [0, 0.05) is 5.38 Å². The van der Waals surface area contributed by atoms with Crippen molar-refractivity contribution in [2.24, 2.45) is 23.7 Å². The Morgan fingerprint density at radius 1 is 0.774 bits per heavy atom. The van der Waals surface area contributed by atoms with Crippen LogP contribution in [0, 0.1) is 23.7 Å². The van der Waals surface area contributed by atoms with Gasteiger partial charge in [0.1, 0.15) is 5.75 Å². The van der Waals surface area contributed by atoms with Crippen molar-refractivity contribution in [3.05, 3.63) is 29.8 Å². The summed E-state index contributed by atoms with van der Waals surface area (Å²) in [6, 6.07) is 8.79. The van der Waals surface area contributed by atoms with Crippen molar-refractivity contribution in [3.8, 4) is 5.75 Å². The molecule has 1 aromatic rings. The fourth-order valence-electron chi connectivity index (χ4n) is 5.94. The maximum atomic E-state index is 6.84. The Labute approximate surface area is 197 Å². The molecule has 176 valence electrons. The zero-order valence-electron chi connectivity index (χ0n) is 20.3. The number of rotatable bonds is 12. The molecule has 2 fully saturated rings. The van der Waals surface area contributed by atoms with Gasteiger partial charge in [0.15, 0.2) is 0 Å². The summed E-state index contributed by atoms with van der Waals surface area (Å²) in [5.41, 5.74) is 1.36. The molecule has 0 radical (unpaired) electrons. The number of alkyl halides is 1. The van der Waals surface area contributed by atoms with Crippen LogP contribution in [0.5, 0.6) is 5.75 Å². The van der Waals surface area contributed by atoms with E-state index in [0.29, 0.717) is 5.92 Å². The molecule has 0 spiro atoms. The molecule has 2 aliphatic carbocycles. The molecule has 0 saturated heterocycles. The van der Waals surface area contributed by atoms with E-state index < -0.39 is 0 Å². The zero-order chi connectivity index (χ0) is 21.9. The van der Waals surface area contributed by atoms with E-state index in [9.17, 15) is 0 Å². The molecule has 0 N–H and O–H groups in total. The third-order valence-corrected chi connectivity index (χ3v) is 8.63. The highest BCUT2D eigenvalue weighted by atomic mass is 35.5. The Bertz CT molecular complexity index is 581. The lowest BCUT2D eigenvalue weighted by Crippen LogP contribution is -2.23. The predicted molar refractivity (Wildman–Crippen MR) is 135 cm³/mol. The van der Waals surface area contributed by atoms with Crippen LogP contribution in [0.25, 0.3) is 0 Å². The Kier molecular flexibility index (Phi) is 11.1. The van der Waals surface area contributed by atoms with E-state index >= 15 is 0 Å². The van der Waals surface area contributed by atoms with Crippen LogP contribution in [0.2, 0.25) is 0 Å². The molecule has 0 aromatic heterocycles. The molecule has 3 rings (SSSR count). The second kappa shape index (κ2) is 13.8. The van der Waals surface area contributed by atoms with E-state index in [1.807, 2.05) is 0 Å². The number of halogens is 1. The Morgan fingerprint density at radius 3 is 2.03 bits per heavy atom. The number of ether oxygens (including phenoxy) is 1. The SMILES string of the molecule is CCCCCC1CCC(COc2ccc(CC(Cl)C3CCC(CCC)CC3)cc2)CC1. The van der Waals surface area contributed by atoms with Gasteiger partial charge in [-0.1, -0.05) is 90.2 Å². The van der Waals surface area contributed by atoms with Gasteiger partial charge >= 0.3 is 0 Å². The first kappa shape index (κ1) is 24.9. The molecule has 2 saturated carbocycles. The molecular formula is C29H47ClO. The van der Waals surface area contributed by atoms with Crippen LogP contribution in [-0.4, -0.2) is 12.0 Å². The Balaban J connectivity index is 1.33. The van der Waals surface area contributed by atoms with E-state index in [0.717, 1.165) is 36.5 Å². The third-order valence-electron chi connectivity index (χ3n) is 8.12. The monoisotopic (exact) mass is 446 g/mol. The number of unbranched alkanes of at least 4 members (excludes halogenated alkanes) is 2. The highest BCUT2D eigenvalue weighted by Gasteiger charge is 2.26. The minimum atomic E-state index is 0.279. The van der Waals surface area contributed by atoms with Crippen molar-refractivity contribution in [1.29, 1.82) is 0 Å². The molecule has 2 aliphatic rings. The highest BCUT2D eigenvalue weighted by Crippen LogP contribution is 2.36. The average Bonchev–Trinajstić information content (AvgIpc) is 2.80. The molecule has 31 heavy (non-hydrogen) atoms. The fourth-order valence-corrected chi connectivity index (χ4v) is 6.37. The molecule has 0 amide bonds. The van der Waals surface area contributed by atoms with E-state index in [1.54, 1.807) is 0 Å². The van der Waals surface area contributed by atoms with Gasteiger partial charge < -0.3 is 4.74 Å². The normalized spacial score (nSPS) is 27.7. The summed E-state index contributed by atoms with van der Waals surface area (Å²) in [4.78, 5) is 0. The molecule has 0 aliphatic heterocycles. The lowest BCUT2D eigenvalue weighted by molar-refractivity contribution is 0.177. The van der Waals surface area contributed by atoms with Crippen molar-refractivity contribution in [2.45, 2.75) is 116 Å². The van der Waals surface area contributed by atoms with Gasteiger partial charge in [0.2, 0.25) is 0 Å². The van der Waals surface area contributed by atoms with Crippen LogP contribution < -0.4 is 4.74 Å². The maximum absolute atomic E-state index is 6.84. The van der Waals surface area contributed by atoms with Crippen molar-refractivity contribution in [2.75, 3.05) is 6.61 Å². The minimum absolute atomic E-state index is 0.279. The van der Waals surface area contributed by atoms with Gasteiger partial charge in [0.05, 0.1) is 6.61 Å². The second-order valence-corrected chi connectivity index (χ2v) is 11.2. The van der Waals surface area contributed by atoms with Crippen molar-refractivity contribution >= 4 is 11.6 Å². The van der Waals surface area contributed by atoms with Crippen molar-refractivity contribution < 1.29 is 4.74 Å². The van der Waals surface area contributed by atoms with E-state index in [-0.39, 0.29) is 5.38 Å². The molecule has 1 nitrogen and oxygen atoms in total. The fraction of sp³-hybridized carbons (Fsp3) is 0.793. The number of benzene rings is 1. The molecule has 0 bridgehead atoms. The summed E-state index contributed by atoms with van der Waals surface area (Å²) in [5.74, 6) is 4.41. The van der Waals surface area contributed by atoms with E-state index in [1.165, 1.54) is 95.5 Å². The van der Waals surface area contributed by atoms with Gasteiger partial charge in [0.25, 0.3) is 0 Å². The van der Waals surface area contributed by atoms with Gasteiger partial charge in [-0.05, 0) is 73.5 Å². The number of hydrogen-bond acceptors (Lipinski definition) is 1. The second-order valence-electron chi connectivity index (χ2n) is 10.6. The predicted octanol–water partition coefficient (Wildman–Crippen LogP) is 9.21. The Morgan fingerprint density at radius 2 is 1.39 bits per heavy atom. The molecule has 2 heteroatoms. The quantitative estimate of drug-likeness (QED) is 0.229. The smallest absolute Gasteiger partial charge is 0.119 e. The lowest BCUT2D eigenvalue weighted by atomic mass is 9.78. The topological polar surface area (TPSA) is 9.23 Å². The molecule has 1 atom stereocenters. The summed E-state index contributed by atoms with van der Waals surface area (Å²) in [6.45, 7) is 5.50. The number of hydrogen-bond donors (Lipinski definition) is 0. The van der Waals surface area contributed by atoms with E-state index in [4.69, 9.17) is 16.3 Å². The maximum Gasteiger partial charge on any atom is 0.119 e. The van der Waals surface area contributed by atoms with Gasteiger partial charge in [-0.25, -0.2) is 0 Å². The Hall–Kier alpha value is -0.690. The summed E-state index contributed by atoms with van der Waals surface area (Å²) >= 11 is 6.84. The van der Waals surface area contributed by atoms with E-state index in [2.05, 4.69) is 38.1 Å². The van der Waals surface area contributed by atoms with Crippen LogP contribution in [0.1, 0.15) is 109 Å². The first-order valence-electron chi connectivity index (χ1n) is 13.5. The van der Waals surface area contributed by atoms with Crippen molar-refractivity contribution in [3.63, 3.8) is 0 Å². The molecule has 0 heterocycles. The van der Waals surface area contributed by atoms with Crippen LogP contribution in [0.3, 0.4) is 0 Å². The summed E-state index contributed by atoms with van der Waals surface area (Å²) in [6.07, 6.45) is 20.3. The van der Waals surface area contributed by atoms with Gasteiger partial charge in [-0.2, -0.15) is 0 Å². The molecule has 1 aromatic carbocycles. The average molecular weight is 447 g/mol. The molecular weight excluding hydrogens is 400 g/mol. The van der Waals surface area contributed by atoms with Crippen LogP contribution >= 0.6 is 11.6 Å². The lowest BCUT2D eigenvalue weighted by Gasteiger charge is -2.31. The summed E-state index contributed by atoms with van der Waals surface area (Å²) < 4.78 is 6.16. The third kappa shape index (κ3) is 8.64. The standard InChI is InChI=1S/C29H47ClO/c1-3-5-6-8-24-9-11-26(12-10-24)22-31-28-19-15-25(16-20-28)21-29(30)27-17-13-23(7-4-2)14-18-27/h15-16,19-20,23-24,26-27,29H,3-14,17-18,21-22H2,1-2H3. The largest absolute Gasteiger partial charge is 0.493 e. The van der Waals surface area contributed by atoms with Gasteiger partial charge in [-0.3, -0.25) is 0 Å². The minimum Gasteiger partial charge on any atom is -0.493 e. The highest BCUT2D eigenvalue weighted by molar-refractivity contribution is 6.20. The first-order valence-corrected chi connectivity index (χ1v) is 14.0.